The van der Waals surface area contributed by atoms with E-state index in [9.17, 15) is 13.2 Å². The third-order valence-corrected chi connectivity index (χ3v) is 7.31. The first kappa shape index (κ1) is 21.4. The quantitative estimate of drug-likeness (QED) is 0.526. The summed E-state index contributed by atoms with van der Waals surface area (Å²) >= 11 is 1.18. The summed E-state index contributed by atoms with van der Waals surface area (Å²) in [7, 11) is -3.64. The van der Waals surface area contributed by atoms with Gasteiger partial charge in [-0.1, -0.05) is 36.0 Å². The Balaban J connectivity index is 1.40. The minimum Gasteiger partial charge on any atom is -0.379 e. The third-order valence-electron chi connectivity index (χ3n) is 4.50. The first-order chi connectivity index (χ1) is 15.0. The Morgan fingerprint density at radius 3 is 2.65 bits per heavy atom. The van der Waals surface area contributed by atoms with Gasteiger partial charge in [-0.2, -0.15) is 8.99 Å². The average molecular weight is 461 g/mol. The minimum atomic E-state index is -3.64. The van der Waals surface area contributed by atoms with Crippen molar-refractivity contribution in [1.82, 2.24) is 24.5 Å². The van der Waals surface area contributed by atoms with Crippen LogP contribution in [0.4, 0.5) is 5.69 Å². The van der Waals surface area contributed by atoms with Gasteiger partial charge in [-0.25, -0.2) is 8.42 Å². The number of benzene rings is 2. The second-order valence-electron chi connectivity index (χ2n) is 6.59. The lowest BCUT2D eigenvalue weighted by atomic mass is 10.3. The zero-order chi connectivity index (χ0) is 21.7. The maximum absolute atomic E-state index is 12.8. The van der Waals surface area contributed by atoms with E-state index in [0.29, 0.717) is 37.1 Å². The van der Waals surface area contributed by atoms with E-state index in [1.165, 1.54) is 28.2 Å². The maximum atomic E-state index is 12.8. The molecule has 0 saturated carbocycles. The Hall–Kier alpha value is -2.80. The molecule has 1 aliphatic heterocycles. The smallest absolute Gasteiger partial charge is 0.243 e. The average Bonchev–Trinajstić information content (AvgIpc) is 3.28. The number of aromatic nitrogens is 4. The number of thioether (sulfide) groups is 1. The lowest BCUT2D eigenvalue weighted by Gasteiger charge is -2.26. The number of carbonyl (C=O) groups is 1. The van der Waals surface area contributed by atoms with Crippen LogP contribution in [-0.2, 0) is 19.6 Å². The number of para-hydroxylation sites is 1. The van der Waals surface area contributed by atoms with Gasteiger partial charge in [-0.3, -0.25) is 4.79 Å². The summed E-state index contributed by atoms with van der Waals surface area (Å²) < 4.78 is 33.8. The van der Waals surface area contributed by atoms with E-state index >= 15 is 0 Å². The Morgan fingerprint density at radius 2 is 1.87 bits per heavy atom. The van der Waals surface area contributed by atoms with Gasteiger partial charge in [0.05, 0.1) is 29.5 Å². The number of amides is 1. The molecule has 3 aromatic rings. The molecule has 0 bridgehead atoms. The molecule has 1 aromatic heterocycles. The largest absolute Gasteiger partial charge is 0.379 e. The summed E-state index contributed by atoms with van der Waals surface area (Å²) in [5.74, 6) is -0.235. The molecule has 0 radical (unpaired) electrons. The van der Waals surface area contributed by atoms with Crippen LogP contribution in [0.5, 0.6) is 0 Å². The number of hydrogen-bond acceptors (Lipinski definition) is 8. The van der Waals surface area contributed by atoms with E-state index < -0.39 is 10.0 Å². The van der Waals surface area contributed by atoms with E-state index in [-0.39, 0.29) is 16.6 Å². The fraction of sp³-hybridized carbons (Fsp3) is 0.263. The number of nitrogens with zero attached hydrogens (tertiary/aromatic N) is 5. The Kier molecular flexibility index (Phi) is 6.61. The van der Waals surface area contributed by atoms with Gasteiger partial charge in [0.1, 0.15) is 0 Å². The first-order valence-corrected chi connectivity index (χ1v) is 11.9. The Bertz CT molecular complexity index is 1150. The number of anilines is 1. The van der Waals surface area contributed by atoms with Gasteiger partial charge in [0.15, 0.2) is 0 Å². The van der Waals surface area contributed by atoms with Crippen molar-refractivity contribution in [3.8, 4) is 5.69 Å². The summed E-state index contributed by atoms with van der Waals surface area (Å²) in [6.07, 6.45) is 0. The summed E-state index contributed by atoms with van der Waals surface area (Å²) in [6, 6.07) is 15.6. The zero-order valence-electron chi connectivity index (χ0n) is 16.4. The van der Waals surface area contributed by atoms with Gasteiger partial charge in [-0.15, -0.1) is 5.10 Å². The van der Waals surface area contributed by atoms with Crippen molar-refractivity contribution >= 4 is 33.4 Å². The second kappa shape index (κ2) is 9.56. The third kappa shape index (κ3) is 5.10. The SMILES string of the molecule is O=C(CSc1nnnn1-c1ccccc1)Nc1cccc(S(=O)(=O)N2CCOCC2)c1. The number of carbonyl (C=O) groups excluding carboxylic acids is 1. The molecular formula is C19H20N6O4S2. The van der Waals surface area contributed by atoms with E-state index in [0.717, 1.165) is 5.69 Å². The molecule has 0 atom stereocenters. The fourth-order valence-corrected chi connectivity index (χ4v) is 5.14. The molecule has 12 heteroatoms. The molecule has 1 N–H and O–H groups in total. The molecule has 1 aliphatic rings. The number of hydrogen-bond donors (Lipinski definition) is 1. The molecule has 0 spiro atoms. The van der Waals surface area contributed by atoms with E-state index in [1.54, 1.807) is 16.8 Å². The van der Waals surface area contributed by atoms with Crippen LogP contribution < -0.4 is 5.32 Å². The molecule has 0 aliphatic carbocycles. The Morgan fingerprint density at radius 1 is 1.10 bits per heavy atom. The molecule has 1 saturated heterocycles. The molecule has 1 fully saturated rings. The van der Waals surface area contributed by atoms with E-state index in [4.69, 9.17) is 4.74 Å². The molecule has 4 rings (SSSR count). The van der Waals surface area contributed by atoms with Crippen LogP contribution in [0, 0.1) is 0 Å². The number of tetrazole rings is 1. The highest BCUT2D eigenvalue weighted by Crippen LogP contribution is 2.22. The first-order valence-electron chi connectivity index (χ1n) is 9.48. The minimum absolute atomic E-state index is 0.0631. The molecule has 31 heavy (non-hydrogen) atoms. The molecule has 1 amide bonds. The zero-order valence-corrected chi connectivity index (χ0v) is 18.1. The standard InChI is InChI=1S/C19H20N6O4S2/c26-18(14-30-19-21-22-23-25(19)16-6-2-1-3-7-16)20-15-5-4-8-17(13-15)31(27,28)24-9-11-29-12-10-24/h1-8,13H,9-12,14H2,(H,20,26). The highest BCUT2D eigenvalue weighted by atomic mass is 32.2. The number of nitrogens with one attached hydrogen (secondary N) is 1. The lowest BCUT2D eigenvalue weighted by Crippen LogP contribution is -2.40. The highest BCUT2D eigenvalue weighted by Gasteiger charge is 2.26. The summed E-state index contributed by atoms with van der Waals surface area (Å²) in [6.45, 7) is 1.36. The second-order valence-corrected chi connectivity index (χ2v) is 9.47. The van der Waals surface area contributed by atoms with Gasteiger partial charge in [0, 0.05) is 18.8 Å². The Labute approximate surface area is 183 Å². The van der Waals surface area contributed by atoms with Gasteiger partial charge in [0.2, 0.25) is 21.1 Å². The molecule has 2 aromatic carbocycles. The van der Waals surface area contributed by atoms with Crippen molar-refractivity contribution in [1.29, 1.82) is 0 Å². The monoisotopic (exact) mass is 460 g/mol. The van der Waals surface area contributed by atoms with Gasteiger partial charge < -0.3 is 10.1 Å². The van der Waals surface area contributed by atoms with Crippen LogP contribution in [0.25, 0.3) is 5.69 Å². The van der Waals surface area contributed by atoms with Gasteiger partial charge in [0.25, 0.3) is 0 Å². The van der Waals surface area contributed by atoms with Gasteiger partial charge >= 0.3 is 0 Å². The number of rotatable bonds is 7. The number of sulfonamides is 1. The lowest BCUT2D eigenvalue weighted by molar-refractivity contribution is -0.113. The maximum Gasteiger partial charge on any atom is 0.243 e. The normalized spacial score (nSPS) is 15.0. The van der Waals surface area contributed by atoms with Crippen molar-refractivity contribution in [2.24, 2.45) is 0 Å². The van der Waals surface area contributed by atoms with Crippen LogP contribution in [0.1, 0.15) is 0 Å². The number of ether oxygens (including phenoxy) is 1. The van der Waals surface area contributed by atoms with Crippen molar-refractivity contribution in [3.05, 3.63) is 54.6 Å². The van der Waals surface area contributed by atoms with Crippen molar-refractivity contribution < 1.29 is 17.9 Å². The summed E-state index contributed by atoms with van der Waals surface area (Å²) in [5.41, 5.74) is 1.19. The van der Waals surface area contributed by atoms with Crippen LogP contribution >= 0.6 is 11.8 Å². The van der Waals surface area contributed by atoms with Crippen LogP contribution in [0.3, 0.4) is 0 Å². The van der Waals surface area contributed by atoms with Crippen molar-refractivity contribution in [2.45, 2.75) is 10.1 Å². The van der Waals surface area contributed by atoms with Crippen LogP contribution in [-0.4, -0.2) is 70.9 Å². The van der Waals surface area contributed by atoms with Gasteiger partial charge in [-0.05, 0) is 40.8 Å². The van der Waals surface area contributed by atoms with Crippen LogP contribution in [0.2, 0.25) is 0 Å². The molecule has 2 heterocycles. The highest BCUT2D eigenvalue weighted by molar-refractivity contribution is 7.99. The van der Waals surface area contributed by atoms with E-state index in [2.05, 4.69) is 20.8 Å². The van der Waals surface area contributed by atoms with Crippen LogP contribution in [0.15, 0.2) is 64.6 Å². The fourth-order valence-electron chi connectivity index (χ4n) is 3.00. The summed E-state index contributed by atoms with van der Waals surface area (Å²) in [4.78, 5) is 12.6. The molecular weight excluding hydrogens is 440 g/mol. The van der Waals surface area contributed by atoms with Crippen molar-refractivity contribution in [3.63, 3.8) is 0 Å². The van der Waals surface area contributed by atoms with Crippen molar-refractivity contribution in [2.75, 3.05) is 37.4 Å². The van der Waals surface area contributed by atoms with E-state index in [1.807, 2.05) is 30.3 Å². The molecule has 0 unspecified atom stereocenters. The predicted molar refractivity (Wildman–Crippen MR) is 115 cm³/mol. The topological polar surface area (TPSA) is 119 Å². The molecule has 10 nitrogen and oxygen atoms in total. The summed E-state index contributed by atoms with van der Waals surface area (Å²) in [5, 5.41) is 14.8. The molecule has 162 valence electrons. The predicted octanol–water partition coefficient (Wildman–Crippen LogP) is 1.41. The number of morpholine rings is 1.